The molecule has 2 aromatic heterocycles. The van der Waals surface area contributed by atoms with Gasteiger partial charge in [-0.2, -0.15) is 9.40 Å². The maximum absolute atomic E-state index is 12.7. The number of sulfonamides is 1. The van der Waals surface area contributed by atoms with E-state index in [1.54, 1.807) is 19.1 Å². The van der Waals surface area contributed by atoms with Gasteiger partial charge in [0.1, 0.15) is 10.7 Å². The zero-order valence-electron chi connectivity index (χ0n) is 11.5. The molecule has 0 atom stereocenters. The number of aromatic carboxylic acids is 1. The second-order valence-electron chi connectivity index (χ2n) is 4.34. The van der Waals surface area contributed by atoms with Crippen LogP contribution in [0.25, 0.3) is 0 Å². The predicted molar refractivity (Wildman–Crippen MR) is 72.3 cm³/mol. The number of nitrogens with one attached hydrogen (secondary N) is 1. The first kappa shape index (κ1) is 15.3. The number of nitrogens with zero attached hydrogens (tertiary/aromatic N) is 2. The summed E-state index contributed by atoms with van der Waals surface area (Å²) in [5, 5.41) is 15.0. The molecule has 0 radical (unpaired) electrons. The molecule has 0 aliphatic heterocycles. The van der Waals surface area contributed by atoms with E-state index in [1.165, 1.54) is 13.2 Å². The van der Waals surface area contributed by atoms with Crippen LogP contribution in [0, 0.1) is 6.92 Å². The Bertz CT molecular complexity index is 733. The second kappa shape index (κ2) is 5.70. The van der Waals surface area contributed by atoms with Gasteiger partial charge in [-0.05, 0) is 19.1 Å². The Morgan fingerprint density at radius 3 is 2.76 bits per heavy atom. The van der Waals surface area contributed by atoms with Crippen molar-refractivity contribution in [3.63, 3.8) is 0 Å². The van der Waals surface area contributed by atoms with Crippen LogP contribution < -0.4 is 0 Å². The summed E-state index contributed by atoms with van der Waals surface area (Å²) >= 11 is 0. The Morgan fingerprint density at radius 1 is 1.52 bits per heavy atom. The highest BCUT2D eigenvalue weighted by molar-refractivity contribution is 7.89. The van der Waals surface area contributed by atoms with E-state index in [2.05, 4.69) is 10.2 Å². The molecule has 2 heterocycles. The molecule has 0 aliphatic carbocycles. The zero-order chi connectivity index (χ0) is 15.6. The predicted octanol–water partition coefficient (Wildman–Crippen LogP) is 1.22. The molecule has 0 amide bonds. The Hall–Kier alpha value is -2.13. The molecular formula is C12H15N3O5S. The molecule has 0 spiro atoms. The highest BCUT2D eigenvalue weighted by atomic mass is 32.2. The van der Waals surface area contributed by atoms with Crippen LogP contribution >= 0.6 is 0 Å². The van der Waals surface area contributed by atoms with E-state index in [-0.39, 0.29) is 23.7 Å². The number of carboxylic acids is 1. The van der Waals surface area contributed by atoms with E-state index in [1.807, 2.05) is 0 Å². The Balaban J connectivity index is 2.45. The SMILES string of the molecule is CCN(Cc1ccco1)S(=O)(=O)c1c(C(=O)O)n[nH]c1C. The van der Waals surface area contributed by atoms with Crippen molar-refractivity contribution in [2.75, 3.05) is 6.54 Å². The molecule has 2 N–H and O–H groups in total. The molecule has 0 saturated heterocycles. The van der Waals surface area contributed by atoms with Gasteiger partial charge in [0.25, 0.3) is 0 Å². The Morgan fingerprint density at radius 2 is 2.24 bits per heavy atom. The maximum atomic E-state index is 12.7. The number of rotatable bonds is 6. The van der Waals surface area contributed by atoms with Gasteiger partial charge < -0.3 is 9.52 Å². The van der Waals surface area contributed by atoms with Gasteiger partial charge in [-0.1, -0.05) is 6.92 Å². The Labute approximate surface area is 121 Å². The van der Waals surface area contributed by atoms with Crippen LogP contribution in [-0.4, -0.2) is 40.5 Å². The number of furan rings is 1. The summed E-state index contributed by atoms with van der Waals surface area (Å²) in [5.74, 6) is -0.926. The average molecular weight is 313 g/mol. The van der Waals surface area contributed by atoms with Gasteiger partial charge in [-0.15, -0.1) is 0 Å². The standard InChI is InChI=1S/C12H15N3O5S/c1-3-15(7-9-5-4-6-20-9)21(18,19)11-8(2)13-14-10(11)12(16)17/h4-6H,3,7H2,1-2H3,(H,13,14)(H,16,17). The lowest BCUT2D eigenvalue weighted by molar-refractivity contribution is 0.0686. The lowest BCUT2D eigenvalue weighted by Gasteiger charge is -2.19. The lowest BCUT2D eigenvalue weighted by Crippen LogP contribution is -2.31. The third kappa shape index (κ3) is 2.83. The number of carboxylic acid groups (broad SMARTS) is 1. The number of hydrogen-bond donors (Lipinski definition) is 2. The zero-order valence-corrected chi connectivity index (χ0v) is 12.3. The number of aryl methyl sites for hydroxylation is 1. The van der Waals surface area contributed by atoms with Crippen LogP contribution in [0.2, 0.25) is 0 Å². The fourth-order valence-corrected chi connectivity index (χ4v) is 3.66. The van der Waals surface area contributed by atoms with Crippen LogP contribution in [0.5, 0.6) is 0 Å². The van der Waals surface area contributed by atoms with Gasteiger partial charge in [0.2, 0.25) is 10.0 Å². The molecule has 2 rings (SSSR count). The van der Waals surface area contributed by atoms with Crippen molar-refractivity contribution in [2.24, 2.45) is 0 Å². The average Bonchev–Trinajstić information content (AvgIpc) is 3.04. The van der Waals surface area contributed by atoms with E-state index in [4.69, 9.17) is 9.52 Å². The van der Waals surface area contributed by atoms with E-state index < -0.39 is 21.7 Å². The first-order valence-electron chi connectivity index (χ1n) is 6.18. The summed E-state index contributed by atoms with van der Waals surface area (Å²) in [7, 11) is -3.99. The van der Waals surface area contributed by atoms with Crippen molar-refractivity contribution in [2.45, 2.75) is 25.3 Å². The van der Waals surface area contributed by atoms with Crippen LogP contribution in [0.1, 0.15) is 28.9 Å². The van der Waals surface area contributed by atoms with Crippen molar-refractivity contribution in [1.29, 1.82) is 0 Å². The van der Waals surface area contributed by atoms with E-state index in [0.29, 0.717) is 5.76 Å². The van der Waals surface area contributed by atoms with Crippen molar-refractivity contribution >= 4 is 16.0 Å². The third-order valence-corrected chi connectivity index (χ3v) is 5.04. The van der Waals surface area contributed by atoms with Gasteiger partial charge in [0.15, 0.2) is 5.69 Å². The molecule has 0 fully saturated rings. The number of carbonyl (C=O) groups is 1. The highest BCUT2D eigenvalue weighted by Crippen LogP contribution is 2.23. The minimum Gasteiger partial charge on any atom is -0.476 e. The topological polar surface area (TPSA) is 116 Å². The van der Waals surface area contributed by atoms with E-state index >= 15 is 0 Å². The summed E-state index contributed by atoms with van der Waals surface area (Å²) in [5.41, 5.74) is -0.323. The summed E-state index contributed by atoms with van der Waals surface area (Å²) in [6, 6.07) is 3.31. The monoisotopic (exact) mass is 313 g/mol. The second-order valence-corrected chi connectivity index (χ2v) is 6.22. The molecule has 21 heavy (non-hydrogen) atoms. The summed E-state index contributed by atoms with van der Waals surface area (Å²) in [6.07, 6.45) is 1.45. The first-order chi connectivity index (χ1) is 9.87. The first-order valence-corrected chi connectivity index (χ1v) is 7.62. The van der Waals surface area contributed by atoms with E-state index in [9.17, 15) is 13.2 Å². The Kier molecular flexibility index (Phi) is 4.14. The number of hydrogen-bond acceptors (Lipinski definition) is 5. The highest BCUT2D eigenvalue weighted by Gasteiger charge is 2.33. The molecule has 0 aliphatic rings. The minimum absolute atomic E-state index is 0.0233. The normalized spacial score (nSPS) is 12.0. The molecule has 2 aromatic rings. The lowest BCUT2D eigenvalue weighted by atomic mass is 10.4. The van der Waals surface area contributed by atoms with Crippen LogP contribution in [0.3, 0.4) is 0 Å². The van der Waals surface area contributed by atoms with Crippen molar-refractivity contribution in [3.8, 4) is 0 Å². The largest absolute Gasteiger partial charge is 0.476 e. The van der Waals surface area contributed by atoms with Gasteiger partial charge in [-0.25, -0.2) is 13.2 Å². The molecule has 0 saturated carbocycles. The van der Waals surface area contributed by atoms with Gasteiger partial charge >= 0.3 is 5.97 Å². The maximum Gasteiger partial charge on any atom is 0.357 e. The fraction of sp³-hybridized carbons (Fsp3) is 0.333. The van der Waals surface area contributed by atoms with Gasteiger partial charge in [0, 0.05) is 6.54 Å². The smallest absolute Gasteiger partial charge is 0.357 e. The van der Waals surface area contributed by atoms with Crippen LogP contribution in [-0.2, 0) is 16.6 Å². The van der Waals surface area contributed by atoms with Crippen LogP contribution in [0.4, 0.5) is 0 Å². The molecule has 8 nitrogen and oxygen atoms in total. The fourth-order valence-electron chi connectivity index (χ4n) is 1.95. The molecular weight excluding hydrogens is 298 g/mol. The quantitative estimate of drug-likeness (QED) is 0.828. The molecule has 114 valence electrons. The van der Waals surface area contributed by atoms with E-state index in [0.717, 1.165) is 4.31 Å². The molecule has 0 unspecified atom stereocenters. The third-order valence-electron chi connectivity index (χ3n) is 2.96. The molecule has 0 aromatic carbocycles. The molecule has 0 bridgehead atoms. The van der Waals surface area contributed by atoms with Crippen molar-refractivity contribution in [1.82, 2.24) is 14.5 Å². The van der Waals surface area contributed by atoms with Gasteiger partial charge in [-0.3, -0.25) is 5.10 Å². The van der Waals surface area contributed by atoms with Crippen molar-refractivity contribution < 1.29 is 22.7 Å². The number of H-pyrrole nitrogens is 1. The minimum atomic E-state index is -3.99. The summed E-state index contributed by atoms with van der Waals surface area (Å²) in [6.45, 7) is 3.33. The number of aromatic amines is 1. The summed E-state index contributed by atoms with van der Waals surface area (Å²) < 4.78 is 31.6. The molecule has 9 heteroatoms. The van der Waals surface area contributed by atoms with Crippen molar-refractivity contribution in [3.05, 3.63) is 35.5 Å². The van der Waals surface area contributed by atoms with Gasteiger partial charge in [0.05, 0.1) is 18.5 Å². The number of aromatic nitrogens is 2. The van der Waals surface area contributed by atoms with Crippen LogP contribution in [0.15, 0.2) is 27.7 Å². The summed E-state index contributed by atoms with van der Waals surface area (Å²) in [4.78, 5) is 10.8.